The van der Waals surface area contributed by atoms with Gasteiger partial charge in [0, 0.05) is 12.1 Å². The van der Waals surface area contributed by atoms with Gasteiger partial charge in [-0.05, 0) is 50.4 Å². The van der Waals surface area contributed by atoms with Gasteiger partial charge in [-0.25, -0.2) is 0 Å². The third kappa shape index (κ3) is 1.90. The molecule has 0 fully saturated rings. The zero-order valence-corrected chi connectivity index (χ0v) is 11.3. The molecule has 1 aliphatic heterocycles. The summed E-state index contributed by atoms with van der Waals surface area (Å²) in [6.07, 6.45) is 7.28. The molecular formula is C16H21NO. The topological polar surface area (TPSA) is 12.5 Å². The monoisotopic (exact) mass is 243 g/mol. The van der Waals surface area contributed by atoms with Crippen molar-refractivity contribution in [3.63, 3.8) is 0 Å². The maximum absolute atomic E-state index is 5.58. The van der Waals surface area contributed by atoms with Gasteiger partial charge in [-0.15, -0.1) is 0 Å². The molecule has 0 radical (unpaired) electrons. The Morgan fingerprint density at radius 3 is 2.89 bits per heavy atom. The fraction of sp³-hybridized carbons (Fsp3) is 0.500. The molecule has 0 aromatic heterocycles. The van der Waals surface area contributed by atoms with Gasteiger partial charge < -0.3 is 9.64 Å². The Hall–Kier alpha value is -1.44. The molecule has 0 bridgehead atoms. The van der Waals surface area contributed by atoms with Crippen LogP contribution in [0.15, 0.2) is 30.0 Å². The number of benzene rings is 1. The van der Waals surface area contributed by atoms with E-state index in [1.807, 2.05) is 0 Å². The van der Waals surface area contributed by atoms with Crippen LogP contribution in [0.5, 0.6) is 5.75 Å². The molecule has 2 nitrogen and oxygen atoms in total. The van der Waals surface area contributed by atoms with Crippen molar-refractivity contribution < 1.29 is 4.74 Å². The summed E-state index contributed by atoms with van der Waals surface area (Å²) in [5, 5.41) is 0. The van der Waals surface area contributed by atoms with Gasteiger partial charge in [0.25, 0.3) is 0 Å². The van der Waals surface area contributed by atoms with Crippen LogP contribution < -0.4 is 4.74 Å². The van der Waals surface area contributed by atoms with Crippen molar-refractivity contribution in [3.05, 3.63) is 41.1 Å². The summed E-state index contributed by atoms with van der Waals surface area (Å²) in [5.41, 5.74) is 4.40. The first kappa shape index (κ1) is 11.6. The molecule has 3 rings (SSSR count). The van der Waals surface area contributed by atoms with E-state index in [9.17, 15) is 0 Å². The maximum atomic E-state index is 5.58. The standard InChI is InChI=1S/C16H21NO/c1-12-9-10-17(11-12)14-7-3-5-13-6-4-8-15(18-2)16(13)14/h4,6,8,11,14H,3,5,7,9-10H2,1-2H3. The zero-order chi connectivity index (χ0) is 12.5. The first-order valence-corrected chi connectivity index (χ1v) is 6.88. The largest absolute Gasteiger partial charge is 0.496 e. The highest BCUT2D eigenvalue weighted by Crippen LogP contribution is 2.41. The quantitative estimate of drug-likeness (QED) is 0.785. The molecule has 18 heavy (non-hydrogen) atoms. The summed E-state index contributed by atoms with van der Waals surface area (Å²) in [5.74, 6) is 1.06. The second-order valence-electron chi connectivity index (χ2n) is 5.40. The predicted molar refractivity (Wildman–Crippen MR) is 73.8 cm³/mol. The summed E-state index contributed by atoms with van der Waals surface area (Å²) in [4.78, 5) is 2.51. The highest BCUT2D eigenvalue weighted by atomic mass is 16.5. The van der Waals surface area contributed by atoms with Crippen LogP contribution in [-0.2, 0) is 6.42 Å². The molecular weight excluding hydrogens is 222 g/mol. The van der Waals surface area contributed by atoms with Crippen LogP contribution in [0.25, 0.3) is 0 Å². The molecule has 0 spiro atoms. The first-order valence-electron chi connectivity index (χ1n) is 6.88. The van der Waals surface area contributed by atoms with Crippen molar-refractivity contribution in [2.75, 3.05) is 13.7 Å². The Kier molecular flexibility index (Phi) is 3.02. The normalized spacial score (nSPS) is 22.7. The molecule has 96 valence electrons. The molecule has 1 heterocycles. The summed E-state index contributed by atoms with van der Waals surface area (Å²) < 4.78 is 5.58. The van der Waals surface area contributed by atoms with Crippen LogP contribution in [0.3, 0.4) is 0 Å². The van der Waals surface area contributed by atoms with Gasteiger partial charge in [-0.1, -0.05) is 17.7 Å². The van der Waals surface area contributed by atoms with Crippen molar-refractivity contribution in [2.45, 2.75) is 38.6 Å². The molecule has 1 unspecified atom stereocenters. The van der Waals surface area contributed by atoms with E-state index >= 15 is 0 Å². The summed E-state index contributed by atoms with van der Waals surface area (Å²) >= 11 is 0. The molecule has 0 saturated carbocycles. The van der Waals surface area contributed by atoms with Gasteiger partial charge in [-0.3, -0.25) is 0 Å². The van der Waals surface area contributed by atoms with E-state index in [2.05, 4.69) is 36.2 Å². The molecule has 1 aromatic carbocycles. The van der Waals surface area contributed by atoms with E-state index in [-0.39, 0.29) is 0 Å². The molecule has 1 atom stereocenters. The minimum Gasteiger partial charge on any atom is -0.496 e. The lowest BCUT2D eigenvalue weighted by Crippen LogP contribution is -2.26. The van der Waals surface area contributed by atoms with Gasteiger partial charge in [-0.2, -0.15) is 0 Å². The Bertz CT molecular complexity index is 464. The number of rotatable bonds is 2. The van der Waals surface area contributed by atoms with Gasteiger partial charge >= 0.3 is 0 Å². The van der Waals surface area contributed by atoms with E-state index < -0.39 is 0 Å². The molecule has 0 N–H and O–H groups in total. The number of methoxy groups -OCH3 is 1. The van der Waals surface area contributed by atoms with Gasteiger partial charge in [0.05, 0.1) is 13.2 Å². The average molecular weight is 243 g/mol. The van der Waals surface area contributed by atoms with Crippen LogP contribution in [0.1, 0.15) is 43.4 Å². The lowest BCUT2D eigenvalue weighted by atomic mass is 9.86. The van der Waals surface area contributed by atoms with Gasteiger partial charge in [0.2, 0.25) is 0 Å². The highest BCUT2D eigenvalue weighted by molar-refractivity contribution is 5.44. The van der Waals surface area contributed by atoms with Crippen molar-refractivity contribution in [3.8, 4) is 5.75 Å². The molecule has 2 heteroatoms. The minimum absolute atomic E-state index is 0.516. The van der Waals surface area contributed by atoms with Gasteiger partial charge in [0.15, 0.2) is 0 Å². The number of fused-ring (bicyclic) bond motifs is 1. The molecule has 0 amide bonds. The maximum Gasteiger partial charge on any atom is 0.124 e. The number of aryl methyl sites for hydroxylation is 1. The predicted octanol–water partition coefficient (Wildman–Crippen LogP) is 3.68. The number of ether oxygens (including phenoxy) is 1. The number of hydrogen-bond donors (Lipinski definition) is 0. The van der Waals surface area contributed by atoms with Crippen LogP contribution in [0.4, 0.5) is 0 Å². The molecule has 0 saturated heterocycles. The Labute approximate surface area is 109 Å². The number of hydrogen-bond acceptors (Lipinski definition) is 2. The fourth-order valence-corrected chi connectivity index (χ4v) is 3.29. The van der Waals surface area contributed by atoms with Crippen molar-refractivity contribution >= 4 is 0 Å². The summed E-state index contributed by atoms with van der Waals surface area (Å²) in [6, 6.07) is 6.99. The van der Waals surface area contributed by atoms with Crippen LogP contribution >= 0.6 is 0 Å². The van der Waals surface area contributed by atoms with Crippen molar-refractivity contribution in [1.29, 1.82) is 0 Å². The van der Waals surface area contributed by atoms with E-state index in [1.54, 1.807) is 7.11 Å². The molecule has 2 aliphatic rings. The van der Waals surface area contributed by atoms with Crippen LogP contribution in [0, 0.1) is 0 Å². The lowest BCUT2D eigenvalue weighted by Gasteiger charge is -2.34. The van der Waals surface area contributed by atoms with Crippen molar-refractivity contribution in [2.24, 2.45) is 0 Å². The molecule has 1 aliphatic carbocycles. The SMILES string of the molecule is COc1cccc2c1C(N1C=C(C)CC1)CCC2. The molecule has 1 aromatic rings. The van der Waals surface area contributed by atoms with Crippen LogP contribution in [-0.4, -0.2) is 18.6 Å². The second kappa shape index (κ2) is 4.68. The summed E-state index contributed by atoms with van der Waals surface area (Å²) in [7, 11) is 1.78. The smallest absolute Gasteiger partial charge is 0.124 e. The first-order chi connectivity index (χ1) is 8.79. The third-order valence-electron chi connectivity index (χ3n) is 4.18. The second-order valence-corrected chi connectivity index (χ2v) is 5.40. The van der Waals surface area contributed by atoms with E-state index in [4.69, 9.17) is 4.74 Å². The third-order valence-corrected chi connectivity index (χ3v) is 4.18. The Morgan fingerprint density at radius 2 is 2.17 bits per heavy atom. The highest BCUT2D eigenvalue weighted by Gasteiger charge is 2.28. The van der Waals surface area contributed by atoms with Crippen LogP contribution in [0.2, 0.25) is 0 Å². The lowest BCUT2D eigenvalue weighted by molar-refractivity contribution is 0.262. The fourth-order valence-electron chi connectivity index (χ4n) is 3.29. The van der Waals surface area contributed by atoms with E-state index in [0.29, 0.717) is 6.04 Å². The zero-order valence-electron chi connectivity index (χ0n) is 11.3. The summed E-state index contributed by atoms with van der Waals surface area (Å²) in [6.45, 7) is 3.39. The number of nitrogens with zero attached hydrogens (tertiary/aromatic N) is 1. The van der Waals surface area contributed by atoms with E-state index in [0.717, 1.165) is 12.3 Å². The Morgan fingerprint density at radius 1 is 1.28 bits per heavy atom. The van der Waals surface area contributed by atoms with Gasteiger partial charge in [0.1, 0.15) is 5.75 Å². The average Bonchev–Trinajstić information content (AvgIpc) is 2.84. The van der Waals surface area contributed by atoms with Crippen molar-refractivity contribution in [1.82, 2.24) is 4.90 Å². The Balaban J connectivity index is 2.00. The van der Waals surface area contributed by atoms with E-state index in [1.165, 1.54) is 42.4 Å². The minimum atomic E-state index is 0.516.